The zero-order valence-electron chi connectivity index (χ0n) is 12.2. The Balaban J connectivity index is 1.76. The second-order valence-electron chi connectivity index (χ2n) is 5.45. The molecule has 2 N–H and O–H groups in total. The summed E-state index contributed by atoms with van der Waals surface area (Å²) in [6.07, 6.45) is 1.24. The lowest BCUT2D eigenvalue weighted by Crippen LogP contribution is -2.33. The Labute approximate surface area is 126 Å². The molecule has 0 aliphatic carbocycles. The standard InChI is InChI=1S/C15H23N3OS/c1-17(2)13-6-7-18(11-13)8-9-19-14-5-3-4-12(10-14)15(16)20/h3-5,10,13H,6-9,11H2,1-2H3,(H2,16,20). The molecule has 110 valence electrons. The Hall–Kier alpha value is -1.17. The van der Waals surface area contributed by atoms with Gasteiger partial charge in [-0.1, -0.05) is 24.4 Å². The molecule has 4 nitrogen and oxygen atoms in total. The van der Waals surface area contributed by atoms with Crippen molar-refractivity contribution >= 4 is 17.2 Å². The summed E-state index contributed by atoms with van der Waals surface area (Å²) >= 11 is 4.97. The van der Waals surface area contributed by atoms with E-state index in [1.54, 1.807) is 0 Å². The van der Waals surface area contributed by atoms with Crippen LogP contribution < -0.4 is 10.5 Å². The lowest BCUT2D eigenvalue weighted by molar-refractivity contribution is 0.220. The van der Waals surface area contributed by atoms with Crippen LogP contribution in [0, 0.1) is 0 Å². The molecule has 1 atom stereocenters. The number of rotatable bonds is 6. The van der Waals surface area contributed by atoms with Gasteiger partial charge in [-0.2, -0.15) is 0 Å². The van der Waals surface area contributed by atoms with Crippen LogP contribution in [0.4, 0.5) is 0 Å². The maximum absolute atomic E-state index is 5.78. The summed E-state index contributed by atoms with van der Waals surface area (Å²) in [5, 5.41) is 0. The number of thiocarbonyl (C=S) groups is 1. The van der Waals surface area contributed by atoms with Crippen LogP contribution in [0.3, 0.4) is 0 Å². The summed E-state index contributed by atoms with van der Waals surface area (Å²) in [5.74, 6) is 0.832. The highest BCUT2D eigenvalue weighted by molar-refractivity contribution is 7.80. The molecule has 1 aromatic carbocycles. The number of hydrogen-bond donors (Lipinski definition) is 1. The lowest BCUT2D eigenvalue weighted by Gasteiger charge is -2.20. The van der Waals surface area contributed by atoms with Crippen molar-refractivity contribution in [2.75, 3.05) is 40.3 Å². The van der Waals surface area contributed by atoms with Crippen molar-refractivity contribution in [2.45, 2.75) is 12.5 Å². The highest BCUT2D eigenvalue weighted by atomic mass is 32.1. The molecule has 0 aromatic heterocycles. The van der Waals surface area contributed by atoms with E-state index in [-0.39, 0.29) is 0 Å². The first-order valence-corrected chi connectivity index (χ1v) is 7.38. The van der Waals surface area contributed by atoms with Crippen LogP contribution in [0.15, 0.2) is 24.3 Å². The predicted octanol–water partition coefficient (Wildman–Crippen LogP) is 1.34. The number of nitrogens with zero attached hydrogens (tertiary/aromatic N) is 2. The molecule has 20 heavy (non-hydrogen) atoms. The second-order valence-corrected chi connectivity index (χ2v) is 5.89. The Bertz CT molecular complexity index is 464. The van der Waals surface area contributed by atoms with Gasteiger partial charge in [-0.25, -0.2) is 0 Å². The van der Waals surface area contributed by atoms with Crippen LogP contribution in [0.1, 0.15) is 12.0 Å². The number of ether oxygens (including phenoxy) is 1. The average molecular weight is 293 g/mol. The van der Waals surface area contributed by atoms with Crippen molar-refractivity contribution in [3.8, 4) is 5.75 Å². The van der Waals surface area contributed by atoms with Gasteiger partial charge in [-0.15, -0.1) is 0 Å². The Morgan fingerprint density at radius 2 is 2.30 bits per heavy atom. The van der Waals surface area contributed by atoms with E-state index >= 15 is 0 Å². The van der Waals surface area contributed by atoms with Gasteiger partial charge in [0.25, 0.3) is 0 Å². The summed E-state index contributed by atoms with van der Waals surface area (Å²) in [6, 6.07) is 8.33. The number of nitrogens with two attached hydrogens (primary N) is 1. The summed E-state index contributed by atoms with van der Waals surface area (Å²) in [6.45, 7) is 3.94. The second kappa shape index (κ2) is 7.02. The van der Waals surface area contributed by atoms with Gasteiger partial charge in [-0.05, 0) is 39.2 Å². The summed E-state index contributed by atoms with van der Waals surface area (Å²) in [7, 11) is 4.29. The molecule has 1 aromatic rings. The van der Waals surface area contributed by atoms with Crippen molar-refractivity contribution in [1.82, 2.24) is 9.80 Å². The average Bonchev–Trinajstić information content (AvgIpc) is 2.88. The highest BCUT2D eigenvalue weighted by Crippen LogP contribution is 2.15. The fraction of sp³-hybridized carbons (Fsp3) is 0.533. The molecule has 0 amide bonds. The zero-order valence-corrected chi connectivity index (χ0v) is 13.0. The molecule has 5 heteroatoms. The number of benzene rings is 1. The third-order valence-corrected chi connectivity index (χ3v) is 4.01. The molecule has 1 heterocycles. The summed E-state index contributed by atoms with van der Waals surface area (Å²) in [5.41, 5.74) is 6.47. The normalized spacial score (nSPS) is 19.4. The number of likely N-dealkylation sites (N-methyl/N-ethyl adjacent to an activating group) is 1. The smallest absolute Gasteiger partial charge is 0.120 e. The molecule has 2 rings (SSSR count). The predicted molar refractivity (Wildman–Crippen MR) is 86.4 cm³/mol. The molecule has 1 aliphatic rings. The molecule has 0 spiro atoms. The van der Waals surface area contributed by atoms with E-state index in [1.165, 1.54) is 6.42 Å². The van der Waals surface area contributed by atoms with Crippen molar-refractivity contribution in [3.05, 3.63) is 29.8 Å². The molecule has 0 saturated carbocycles. The van der Waals surface area contributed by atoms with Gasteiger partial charge < -0.3 is 15.4 Å². The number of hydrogen-bond acceptors (Lipinski definition) is 4. The van der Waals surface area contributed by atoms with Crippen LogP contribution in [-0.4, -0.2) is 61.2 Å². The van der Waals surface area contributed by atoms with Crippen LogP contribution in [0.25, 0.3) is 0 Å². The highest BCUT2D eigenvalue weighted by Gasteiger charge is 2.23. The molecular formula is C15H23N3OS. The Morgan fingerprint density at radius 3 is 2.95 bits per heavy atom. The fourth-order valence-corrected chi connectivity index (χ4v) is 2.60. The van der Waals surface area contributed by atoms with E-state index in [4.69, 9.17) is 22.7 Å². The third-order valence-electron chi connectivity index (χ3n) is 3.77. The van der Waals surface area contributed by atoms with Crippen LogP contribution >= 0.6 is 12.2 Å². The van der Waals surface area contributed by atoms with E-state index in [9.17, 15) is 0 Å². The minimum atomic E-state index is 0.406. The maximum Gasteiger partial charge on any atom is 0.120 e. The maximum atomic E-state index is 5.78. The van der Waals surface area contributed by atoms with Gasteiger partial charge in [-0.3, -0.25) is 4.90 Å². The Morgan fingerprint density at radius 1 is 1.50 bits per heavy atom. The molecule has 1 fully saturated rings. The zero-order chi connectivity index (χ0) is 14.5. The van der Waals surface area contributed by atoms with Gasteiger partial charge in [0.1, 0.15) is 17.3 Å². The van der Waals surface area contributed by atoms with E-state index in [0.29, 0.717) is 17.6 Å². The van der Waals surface area contributed by atoms with Crippen LogP contribution in [-0.2, 0) is 0 Å². The first-order valence-electron chi connectivity index (χ1n) is 6.97. The largest absolute Gasteiger partial charge is 0.492 e. The van der Waals surface area contributed by atoms with Crippen LogP contribution in [0.2, 0.25) is 0 Å². The number of likely N-dealkylation sites (tertiary alicyclic amines) is 1. The molecule has 1 aliphatic heterocycles. The topological polar surface area (TPSA) is 41.7 Å². The summed E-state index contributed by atoms with van der Waals surface area (Å²) < 4.78 is 5.78. The molecule has 1 saturated heterocycles. The molecule has 0 bridgehead atoms. The first-order chi connectivity index (χ1) is 9.56. The van der Waals surface area contributed by atoms with Crippen molar-refractivity contribution < 1.29 is 4.74 Å². The van der Waals surface area contributed by atoms with Crippen molar-refractivity contribution in [1.29, 1.82) is 0 Å². The van der Waals surface area contributed by atoms with E-state index in [1.807, 2.05) is 24.3 Å². The molecular weight excluding hydrogens is 270 g/mol. The van der Waals surface area contributed by atoms with Gasteiger partial charge >= 0.3 is 0 Å². The minimum Gasteiger partial charge on any atom is -0.492 e. The van der Waals surface area contributed by atoms with Gasteiger partial charge in [0.05, 0.1) is 0 Å². The van der Waals surface area contributed by atoms with E-state index < -0.39 is 0 Å². The quantitative estimate of drug-likeness (QED) is 0.802. The monoisotopic (exact) mass is 293 g/mol. The lowest BCUT2D eigenvalue weighted by atomic mass is 10.2. The molecule has 1 unspecified atom stereocenters. The Kier molecular flexibility index (Phi) is 5.34. The van der Waals surface area contributed by atoms with Crippen molar-refractivity contribution in [2.24, 2.45) is 5.73 Å². The van der Waals surface area contributed by atoms with Crippen LogP contribution in [0.5, 0.6) is 5.75 Å². The van der Waals surface area contributed by atoms with E-state index in [2.05, 4.69) is 23.9 Å². The minimum absolute atomic E-state index is 0.406. The summed E-state index contributed by atoms with van der Waals surface area (Å²) in [4.78, 5) is 5.15. The first kappa shape index (κ1) is 15.2. The van der Waals surface area contributed by atoms with Gasteiger partial charge in [0, 0.05) is 24.7 Å². The fourth-order valence-electron chi connectivity index (χ4n) is 2.47. The SMILES string of the molecule is CN(C)C1CCN(CCOc2cccc(C(N)=S)c2)C1. The third kappa shape index (κ3) is 4.16. The van der Waals surface area contributed by atoms with E-state index in [0.717, 1.165) is 30.9 Å². The van der Waals surface area contributed by atoms with Crippen molar-refractivity contribution in [3.63, 3.8) is 0 Å². The molecule has 0 radical (unpaired) electrons. The van der Waals surface area contributed by atoms with Gasteiger partial charge in [0.2, 0.25) is 0 Å². The van der Waals surface area contributed by atoms with Gasteiger partial charge in [0.15, 0.2) is 0 Å².